The summed E-state index contributed by atoms with van der Waals surface area (Å²) in [6, 6.07) is 0. The van der Waals surface area contributed by atoms with E-state index in [9.17, 15) is 0 Å². The van der Waals surface area contributed by atoms with Crippen molar-refractivity contribution in [2.45, 2.75) is 12.8 Å². The molecule has 0 unspecified atom stereocenters. The van der Waals surface area contributed by atoms with Gasteiger partial charge < -0.3 is 0 Å². The van der Waals surface area contributed by atoms with Crippen LogP contribution in [0, 0.1) is 18.3 Å². The summed E-state index contributed by atoms with van der Waals surface area (Å²) in [5, 5.41) is 0. The van der Waals surface area contributed by atoms with Crippen molar-refractivity contribution in [3.05, 3.63) is 12.3 Å². The number of rotatable bonds is 0. The molecule has 0 N–H and O–H groups in total. The highest BCUT2D eigenvalue weighted by Crippen LogP contribution is 2.53. The lowest BCUT2D eigenvalue weighted by molar-refractivity contribution is 0.291. The molecular weight excluding hydrogens is 60.1 g/mol. The lowest BCUT2D eigenvalue weighted by atomic mass is 9.56. The van der Waals surface area contributed by atoms with Crippen LogP contribution in [0.25, 0.3) is 0 Å². The van der Waals surface area contributed by atoms with E-state index in [0.717, 1.165) is 5.92 Å². The van der Waals surface area contributed by atoms with Crippen LogP contribution in [0.2, 0.25) is 0 Å². The molecule has 3 rings (SSSR count). The van der Waals surface area contributed by atoms with E-state index in [2.05, 4.69) is 6.42 Å². The van der Waals surface area contributed by atoms with E-state index in [1.807, 2.05) is 0 Å². The molecule has 0 saturated heterocycles. The fraction of sp³-hybridized carbons (Fsp3) is 0.600. The zero-order chi connectivity index (χ0) is 3.28. The first-order valence-electron chi connectivity index (χ1n) is 2.15. The highest BCUT2D eigenvalue weighted by atomic mass is 14.5. The summed E-state index contributed by atoms with van der Waals surface area (Å²) < 4.78 is 0. The Labute approximate surface area is 32.2 Å². The average Bonchev–Trinajstić information content (AvgIpc) is 0.592. The van der Waals surface area contributed by atoms with Crippen molar-refractivity contribution in [2.24, 2.45) is 5.92 Å². The van der Waals surface area contributed by atoms with Gasteiger partial charge in [-0.3, -0.25) is 0 Å². The Kier molecular flexibility index (Phi) is 0.198. The third kappa shape index (κ3) is 0.111. The SMILES string of the molecule is [CH]1[C]2CC1C2. The quantitative estimate of drug-likeness (QED) is 0.398. The summed E-state index contributed by atoms with van der Waals surface area (Å²) in [4.78, 5) is 0. The van der Waals surface area contributed by atoms with Gasteiger partial charge in [-0.05, 0) is 31.1 Å². The van der Waals surface area contributed by atoms with E-state index < -0.39 is 0 Å². The fourth-order valence-corrected chi connectivity index (χ4v) is 0.880. The first kappa shape index (κ1) is 2.22. The average molecular weight is 66.1 g/mol. The molecule has 0 amide bonds. The molecule has 0 aromatic rings. The summed E-state index contributed by atoms with van der Waals surface area (Å²) in [6.07, 6.45) is 5.25. The Balaban J connectivity index is 2.19. The van der Waals surface area contributed by atoms with E-state index >= 15 is 0 Å². The minimum absolute atomic E-state index is 1.05. The second-order valence-corrected chi connectivity index (χ2v) is 1.99. The van der Waals surface area contributed by atoms with Crippen LogP contribution in [-0.2, 0) is 0 Å². The maximum atomic E-state index is 2.36. The zero-order valence-electron chi connectivity index (χ0n) is 3.07. The Hall–Kier alpha value is 0. The molecule has 0 heteroatoms. The van der Waals surface area contributed by atoms with Gasteiger partial charge in [0.2, 0.25) is 0 Å². The standard InChI is InChI=1S/C5H6/c1-4-2-5(1)3-4/h1,4H,2-3H2. The summed E-state index contributed by atoms with van der Waals surface area (Å²) in [7, 11) is 0. The Bertz CT molecular complexity index is 36.8. The van der Waals surface area contributed by atoms with Crippen LogP contribution in [0.4, 0.5) is 0 Å². The fourth-order valence-electron chi connectivity index (χ4n) is 0.880. The van der Waals surface area contributed by atoms with Crippen LogP contribution in [0.15, 0.2) is 0 Å². The summed E-state index contributed by atoms with van der Waals surface area (Å²) >= 11 is 0. The van der Waals surface area contributed by atoms with Crippen molar-refractivity contribution in [3.63, 3.8) is 0 Å². The van der Waals surface area contributed by atoms with Crippen LogP contribution in [0.1, 0.15) is 12.8 Å². The summed E-state index contributed by atoms with van der Waals surface area (Å²) in [5.41, 5.74) is 0. The predicted octanol–water partition coefficient (Wildman–Crippen LogP) is 1.19. The second kappa shape index (κ2) is 0.444. The third-order valence-electron chi connectivity index (χ3n) is 1.52. The molecule has 3 fully saturated rings. The van der Waals surface area contributed by atoms with Gasteiger partial charge in [0.1, 0.15) is 0 Å². The minimum atomic E-state index is 1.05. The van der Waals surface area contributed by atoms with E-state index in [4.69, 9.17) is 0 Å². The van der Waals surface area contributed by atoms with Crippen LogP contribution < -0.4 is 0 Å². The highest BCUT2D eigenvalue weighted by Gasteiger charge is 2.42. The number of hydrogen-bond acceptors (Lipinski definition) is 0. The van der Waals surface area contributed by atoms with Crippen LogP contribution >= 0.6 is 0 Å². The smallest absolute Gasteiger partial charge is 0.0199 e. The van der Waals surface area contributed by atoms with Crippen molar-refractivity contribution in [2.75, 3.05) is 0 Å². The summed E-state index contributed by atoms with van der Waals surface area (Å²) in [5.74, 6) is 2.75. The van der Waals surface area contributed by atoms with Gasteiger partial charge in [-0.15, -0.1) is 0 Å². The molecule has 2 bridgehead atoms. The largest absolute Gasteiger partial charge is 0.0436 e. The van der Waals surface area contributed by atoms with Crippen LogP contribution in [0.5, 0.6) is 0 Å². The Morgan fingerprint density at radius 3 is 1.80 bits per heavy atom. The third-order valence-corrected chi connectivity index (χ3v) is 1.52. The molecule has 0 aromatic heterocycles. The zero-order valence-corrected chi connectivity index (χ0v) is 3.07. The molecule has 0 aliphatic heterocycles. The molecule has 26 valence electrons. The van der Waals surface area contributed by atoms with Crippen molar-refractivity contribution < 1.29 is 0 Å². The van der Waals surface area contributed by atoms with Gasteiger partial charge in [-0.1, -0.05) is 0 Å². The molecule has 3 aliphatic rings. The van der Waals surface area contributed by atoms with Crippen molar-refractivity contribution >= 4 is 0 Å². The van der Waals surface area contributed by atoms with E-state index in [-0.39, 0.29) is 0 Å². The lowest BCUT2D eigenvalue weighted by Crippen LogP contribution is -2.37. The first-order valence-corrected chi connectivity index (χ1v) is 2.15. The molecule has 2 radical (unpaired) electrons. The van der Waals surface area contributed by atoms with Gasteiger partial charge in [0.25, 0.3) is 0 Å². The van der Waals surface area contributed by atoms with Crippen LogP contribution in [-0.4, -0.2) is 0 Å². The van der Waals surface area contributed by atoms with Gasteiger partial charge in [0.15, 0.2) is 0 Å². The van der Waals surface area contributed by atoms with Gasteiger partial charge >= 0.3 is 0 Å². The normalized spacial score (nSPS) is 36.0. The first-order chi connectivity index (χ1) is 2.45. The molecule has 0 aromatic carbocycles. The molecule has 0 spiro atoms. The molecule has 3 aliphatic carbocycles. The van der Waals surface area contributed by atoms with E-state index in [0.29, 0.717) is 0 Å². The second-order valence-electron chi connectivity index (χ2n) is 1.99. The molecule has 5 heavy (non-hydrogen) atoms. The molecule has 0 nitrogen and oxygen atoms in total. The molecule has 0 atom stereocenters. The maximum absolute atomic E-state index is 2.36. The Morgan fingerprint density at radius 2 is 1.80 bits per heavy atom. The maximum Gasteiger partial charge on any atom is -0.0199 e. The van der Waals surface area contributed by atoms with Gasteiger partial charge in [-0.25, -0.2) is 0 Å². The van der Waals surface area contributed by atoms with Gasteiger partial charge in [0, 0.05) is 0 Å². The van der Waals surface area contributed by atoms with Gasteiger partial charge in [-0.2, -0.15) is 0 Å². The Morgan fingerprint density at radius 1 is 1.60 bits per heavy atom. The summed E-state index contributed by atoms with van der Waals surface area (Å²) in [6.45, 7) is 0. The highest BCUT2D eigenvalue weighted by molar-refractivity contribution is 5.30. The van der Waals surface area contributed by atoms with Gasteiger partial charge in [0.05, 0.1) is 0 Å². The molecule has 3 saturated carbocycles. The van der Waals surface area contributed by atoms with E-state index in [1.165, 1.54) is 12.8 Å². The van der Waals surface area contributed by atoms with Crippen molar-refractivity contribution in [1.29, 1.82) is 0 Å². The predicted molar refractivity (Wildman–Crippen MR) is 20.3 cm³/mol. The lowest BCUT2D eigenvalue weighted by Gasteiger charge is -2.48. The minimum Gasteiger partial charge on any atom is -0.0436 e. The van der Waals surface area contributed by atoms with E-state index in [1.54, 1.807) is 5.92 Å². The van der Waals surface area contributed by atoms with Crippen LogP contribution in [0.3, 0.4) is 0 Å². The molecule has 0 heterocycles. The van der Waals surface area contributed by atoms with Crippen molar-refractivity contribution in [3.8, 4) is 0 Å². The number of hydrogen-bond donors (Lipinski definition) is 0. The topological polar surface area (TPSA) is 0 Å². The monoisotopic (exact) mass is 66.0 g/mol. The van der Waals surface area contributed by atoms with Crippen molar-refractivity contribution in [1.82, 2.24) is 0 Å². The molecular formula is C5H6.